The molecule has 0 bridgehead atoms. The van der Waals surface area contributed by atoms with Gasteiger partial charge in [-0.2, -0.15) is 0 Å². The summed E-state index contributed by atoms with van der Waals surface area (Å²) < 4.78 is 32.4. The van der Waals surface area contributed by atoms with Gasteiger partial charge in [-0.1, -0.05) is 49.3 Å². The van der Waals surface area contributed by atoms with Crippen molar-refractivity contribution in [1.29, 1.82) is 0 Å². The van der Waals surface area contributed by atoms with E-state index in [1.165, 1.54) is 11.6 Å². The number of nitrogens with two attached hydrogens (primary N) is 1. The number of rotatable bonds is 10. The van der Waals surface area contributed by atoms with Crippen molar-refractivity contribution in [1.82, 2.24) is 20.4 Å². The first-order valence-corrected chi connectivity index (χ1v) is 11.7. The number of nitrogens with zero attached hydrogens (tertiary/aromatic N) is 3. The van der Waals surface area contributed by atoms with E-state index in [4.69, 9.17) is 10.3 Å². The molecule has 35 heavy (non-hydrogen) atoms. The Morgan fingerprint density at radius 3 is 2.51 bits per heavy atom. The van der Waals surface area contributed by atoms with Gasteiger partial charge in [-0.05, 0) is 42.0 Å². The lowest BCUT2D eigenvalue weighted by Gasteiger charge is -2.07. The van der Waals surface area contributed by atoms with E-state index in [-0.39, 0.29) is 17.9 Å². The van der Waals surface area contributed by atoms with E-state index in [2.05, 4.69) is 46.4 Å². The fourth-order valence-corrected chi connectivity index (χ4v) is 3.71. The lowest BCUT2D eigenvalue weighted by atomic mass is 10.0. The normalized spacial score (nSPS) is 11.3. The SMILES string of the molecule is CC(C)CCc1ccc(-c2cnc(N)c(-c3cc(-c4ccc(CNCCF)cc4F)no3)n2)cc1. The molecule has 0 spiro atoms. The Labute approximate surface area is 203 Å². The largest absolute Gasteiger partial charge is 0.382 e. The highest BCUT2D eigenvalue weighted by molar-refractivity contribution is 5.73. The van der Waals surface area contributed by atoms with E-state index < -0.39 is 12.5 Å². The number of anilines is 1. The van der Waals surface area contributed by atoms with Gasteiger partial charge in [0.1, 0.15) is 18.2 Å². The molecular formula is C27H29F2N5O. The Balaban J connectivity index is 1.55. The van der Waals surface area contributed by atoms with Crippen LogP contribution in [0.2, 0.25) is 0 Å². The van der Waals surface area contributed by atoms with Crippen LogP contribution in [-0.2, 0) is 13.0 Å². The van der Waals surface area contributed by atoms with Crippen LogP contribution in [0.3, 0.4) is 0 Å². The van der Waals surface area contributed by atoms with Crippen molar-refractivity contribution in [3.63, 3.8) is 0 Å². The molecule has 0 aliphatic heterocycles. The van der Waals surface area contributed by atoms with E-state index >= 15 is 0 Å². The maximum atomic E-state index is 14.7. The predicted molar refractivity (Wildman–Crippen MR) is 134 cm³/mol. The molecule has 2 aromatic heterocycles. The summed E-state index contributed by atoms with van der Waals surface area (Å²) in [5.41, 5.74) is 10.6. The first kappa shape index (κ1) is 24.5. The summed E-state index contributed by atoms with van der Waals surface area (Å²) in [6, 6.07) is 14.6. The Hall–Kier alpha value is -3.65. The molecule has 2 heterocycles. The third kappa shape index (κ3) is 6.08. The molecule has 3 N–H and O–H groups in total. The predicted octanol–water partition coefficient (Wildman–Crippen LogP) is 5.83. The van der Waals surface area contributed by atoms with Gasteiger partial charge in [-0.15, -0.1) is 0 Å². The quantitative estimate of drug-likeness (QED) is 0.279. The monoisotopic (exact) mass is 477 g/mol. The third-order valence-corrected chi connectivity index (χ3v) is 5.71. The van der Waals surface area contributed by atoms with Crippen molar-refractivity contribution < 1.29 is 13.3 Å². The summed E-state index contributed by atoms with van der Waals surface area (Å²) in [7, 11) is 0. The molecule has 0 unspecified atom stereocenters. The Morgan fingerprint density at radius 1 is 1.03 bits per heavy atom. The van der Waals surface area contributed by atoms with E-state index in [1.54, 1.807) is 24.4 Å². The number of alkyl halides is 1. The van der Waals surface area contributed by atoms with E-state index in [1.807, 2.05) is 12.1 Å². The highest BCUT2D eigenvalue weighted by Gasteiger charge is 2.17. The molecule has 182 valence electrons. The molecule has 0 amide bonds. The maximum Gasteiger partial charge on any atom is 0.189 e. The zero-order valence-corrected chi connectivity index (χ0v) is 19.9. The van der Waals surface area contributed by atoms with Crippen molar-refractivity contribution in [3.05, 3.63) is 71.7 Å². The number of aromatic nitrogens is 3. The molecule has 0 aliphatic rings. The lowest BCUT2D eigenvalue weighted by Crippen LogP contribution is -2.16. The van der Waals surface area contributed by atoms with Crippen LogP contribution in [0.15, 0.2) is 59.3 Å². The molecular weight excluding hydrogens is 448 g/mol. The molecule has 0 fully saturated rings. The minimum absolute atomic E-state index is 0.194. The molecule has 0 aliphatic carbocycles. The summed E-state index contributed by atoms with van der Waals surface area (Å²) in [6.07, 6.45) is 3.79. The summed E-state index contributed by atoms with van der Waals surface area (Å²) in [6.45, 7) is 4.56. The van der Waals surface area contributed by atoms with Gasteiger partial charge in [-0.25, -0.2) is 18.7 Å². The minimum Gasteiger partial charge on any atom is -0.382 e. The third-order valence-electron chi connectivity index (χ3n) is 5.71. The van der Waals surface area contributed by atoms with Crippen molar-refractivity contribution in [2.24, 2.45) is 5.92 Å². The molecule has 0 atom stereocenters. The molecule has 0 radical (unpaired) electrons. The van der Waals surface area contributed by atoms with Crippen LogP contribution in [0.5, 0.6) is 0 Å². The Kier molecular flexibility index (Phi) is 7.82. The summed E-state index contributed by atoms with van der Waals surface area (Å²) >= 11 is 0. The van der Waals surface area contributed by atoms with Crippen LogP contribution in [-0.4, -0.2) is 28.3 Å². The fraction of sp³-hybridized carbons (Fsp3) is 0.296. The van der Waals surface area contributed by atoms with Gasteiger partial charge in [0.25, 0.3) is 0 Å². The standard InChI is InChI=1S/C27H29F2N5O/c1-17(2)3-4-18-5-8-20(9-6-18)24-16-32-27(30)26(33-24)25-14-23(34-35-25)21-10-7-19(13-22(21)29)15-31-12-11-28/h5-10,13-14,16-17,31H,3-4,11-12,15H2,1-2H3,(H2,30,32). The number of hydrogen-bond acceptors (Lipinski definition) is 6. The van der Waals surface area contributed by atoms with E-state index in [0.29, 0.717) is 40.9 Å². The zero-order valence-electron chi connectivity index (χ0n) is 19.9. The second kappa shape index (κ2) is 11.2. The van der Waals surface area contributed by atoms with Crippen LogP contribution in [0.25, 0.3) is 34.0 Å². The number of halogens is 2. The van der Waals surface area contributed by atoms with Crippen molar-refractivity contribution >= 4 is 5.82 Å². The van der Waals surface area contributed by atoms with Crippen LogP contribution in [0, 0.1) is 11.7 Å². The van der Waals surface area contributed by atoms with Gasteiger partial charge in [0, 0.05) is 30.3 Å². The molecule has 0 saturated heterocycles. The van der Waals surface area contributed by atoms with Gasteiger partial charge in [0.05, 0.1) is 11.9 Å². The first-order chi connectivity index (χ1) is 16.9. The molecule has 4 rings (SSSR count). The first-order valence-electron chi connectivity index (χ1n) is 11.7. The van der Waals surface area contributed by atoms with Crippen LogP contribution in [0.4, 0.5) is 14.6 Å². The van der Waals surface area contributed by atoms with Crippen molar-refractivity contribution in [2.45, 2.75) is 33.2 Å². The smallest absolute Gasteiger partial charge is 0.189 e. The number of nitrogens with one attached hydrogen (secondary N) is 1. The lowest BCUT2D eigenvalue weighted by molar-refractivity contribution is 0.433. The molecule has 8 heteroatoms. The van der Waals surface area contributed by atoms with Gasteiger partial charge in [-0.3, -0.25) is 0 Å². The minimum atomic E-state index is -0.473. The molecule has 2 aromatic carbocycles. The zero-order chi connectivity index (χ0) is 24.8. The van der Waals surface area contributed by atoms with E-state index in [9.17, 15) is 8.78 Å². The summed E-state index contributed by atoms with van der Waals surface area (Å²) in [5.74, 6) is 0.700. The topological polar surface area (TPSA) is 89.9 Å². The van der Waals surface area contributed by atoms with Gasteiger partial charge in [0.15, 0.2) is 17.3 Å². The molecule has 0 saturated carbocycles. The van der Waals surface area contributed by atoms with Crippen molar-refractivity contribution in [3.8, 4) is 34.0 Å². The average molecular weight is 478 g/mol. The average Bonchev–Trinajstić information content (AvgIpc) is 3.33. The highest BCUT2D eigenvalue weighted by atomic mass is 19.1. The van der Waals surface area contributed by atoms with Gasteiger partial charge in [0.2, 0.25) is 0 Å². The second-order valence-corrected chi connectivity index (χ2v) is 8.87. The number of benzene rings is 2. The van der Waals surface area contributed by atoms with Crippen LogP contribution < -0.4 is 11.1 Å². The Bertz CT molecular complexity index is 1270. The summed E-state index contributed by atoms with van der Waals surface area (Å²) in [5, 5.41) is 6.91. The number of aryl methyl sites for hydroxylation is 1. The number of nitrogen functional groups attached to an aromatic ring is 1. The second-order valence-electron chi connectivity index (χ2n) is 8.87. The Morgan fingerprint density at radius 2 is 1.80 bits per heavy atom. The summed E-state index contributed by atoms with van der Waals surface area (Å²) in [4.78, 5) is 8.93. The molecule has 6 nitrogen and oxygen atoms in total. The number of hydrogen-bond donors (Lipinski definition) is 2. The highest BCUT2D eigenvalue weighted by Crippen LogP contribution is 2.31. The van der Waals surface area contributed by atoms with Gasteiger partial charge >= 0.3 is 0 Å². The fourth-order valence-electron chi connectivity index (χ4n) is 3.71. The molecule has 4 aromatic rings. The van der Waals surface area contributed by atoms with Crippen LogP contribution in [0.1, 0.15) is 31.4 Å². The maximum absolute atomic E-state index is 14.7. The van der Waals surface area contributed by atoms with Gasteiger partial charge < -0.3 is 15.6 Å². The van der Waals surface area contributed by atoms with E-state index in [0.717, 1.165) is 18.4 Å². The van der Waals surface area contributed by atoms with Crippen LogP contribution >= 0.6 is 0 Å². The van der Waals surface area contributed by atoms with Crippen molar-refractivity contribution in [2.75, 3.05) is 19.0 Å².